The fourth-order valence-electron chi connectivity index (χ4n) is 1.75. The predicted octanol–water partition coefficient (Wildman–Crippen LogP) is 1.74. The van der Waals surface area contributed by atoms with Crippen LogP contribution in [0.4, 0.5) is 5.82 Å². The fourth-order valence-corrected chi connectivity index (χ4v) is 1.75. The van der Waals surface area contributed by atoms with Crippen molar-refractivity contribution in [3.8, 4) is 0 Å². The summed E-state index contributed by atoms with van der Waals surface area (Å²) in [4.78, 5) is 8.58. The fraction of sp³-hybridized carbons (Fsp3) is 0.600. The third kappa shape index (κ3) is 1.39. The molecule has 1 aromatic rings. The normalized spacial score (nSPS) is 15.3. The summed E-state index contributed by atoms with van der Waals surface area (Å²) < 4.78 is 0. The smallest absolute Gasteiger partial charge is 0.132 e. The molecule has 3 nitrogen and oxygen atoms in total. The van der Waals surface area contributed by atoms with Crippen LogP contribution in [0.2, 0.25) is 0 Å². The van der Waals surface area contributed by atoms with E-state index in [0.717, 1.165) is 18.8 Å². The second-order valence-electron chi connectivity index (χ2n) is 4.48. The van der Waals surface area contributed by atoms with Crippen molar-refractivity contribution in [3.05, 3.63) is 17.6 Å². The Hall–Kier alpha value is -1.12. The third-order valence-corrected chi connectivity index (χ3v) is 2.32. The Morgan fingerprint density at radius 2 is 2.08 bits per heavy atom. The molecule has 0 saturated heterocycles. The average Bonchev–Trinajstić information content (AvgIpc) is 2.48. The Labute approximate surface area is 78.6 Å². The van der Waals surface area contributed by atoms with E-state index in [0.29, 0.717) is 0 Å². The van der Waals surface area contributed by atoms with Crippen LogP contribution in [-0.2, 0) is 11.8 Å². The molecule has 2 heterocycles. The molecule has 0 spiro atoms. The molecular weight excluding hydrogens is 162 g/mol. The number of fused-ring (bicyclic) bond motifs is 1. The lowest BCUT2D eigenvalue weighted by Gasteiger charge is -2.19. The highest BCUT2D eigenvalue weighted by molar-refractivity contribution is 5.51. The molecule has 2 rings (SSSR count). The average molecular weight is 177 g/mol. The Bertz CT molecular complexity index is 325. The van der Waals surface area contributed by atoms with Gasteiger partial charge in [0.2, 0.25) is 0 Å². The summed E-state index contributed by atoms with van der Waals surface area (Å²) in [6.07, 6.45) is 2.71. The summed E-state index contributed by atoms with van der Waals surface area (Å²) in [5.41, 5.74) is 2.61. The number of rotatable bonds is 0. The molecule has 1 aliphatic rings. The van der Waals surface area contributed by atoms with Crippen molar-refractivity contribution in [1.29, 1.82) is 0 Å². The maximum atomic E-state index is 4.37. The number of hydrogen-bond acceptors (Lipinski definition) is 3. The van der Waals surface area contributed by atoms with E-state index in [1.165, 1.54) is 11.3 Å². The molecule has 0 saturated carbocycles. The lowest BCUT2D eigenvalue weighted by atomic mass is 9.88. The largest absolute Gasteiger partial charge is 0.369 e. The van der Waals surface area contributed by atoms with Crippen LogP contribution in [0.5, 0.6) is 0 Å². The first kappa shape index (κ1) is 8.48. The van der Waals surface area contributed by atoms with Gasteiger partial charge in [-0.25, -0.2) is 9.97 Å². The molecule has 13 heavy (non-hydrogen) atoms. The van der Waals surface area contributed by atoms with Crippen molar-refractivity contribution < 1.29 is 0 Å². The van der Waals surface area contributed by atoms with E-state index in [9.17, 15) is 0 Å². The van der Waals surface area contributed by atoms with E-state index in [1.54, 1.807) is 6.33 Å². The van der Waals surface area contributed by atoms with E-state index >= 15 is 0 Å². The predicted molar refractivity (Wildman–Crippen MR) is 52.9 cm³/mol. The van der Waals surface area contributed by atoms with Crippen LogP contribution >= 0.6 is 0 Å². The van der Waals surface area contributed by atoms with Gasteiger partial charge in [0.15, 0.2) is 0 Å². The molecule has 1 aliphatic heterocycles. The van der Waals surface area contributed by atoms with E-state index in [-0.39, 0.29) is 5.41 Å². The number of nitrogens with one attached hydrogen (secondary N) is 1. The minimum Gasteiger partial charge on any atom is -0.369 e. The van der Waals surface area contributed by atoms with E-state index in [4.69, 9.17) is 0 Å². The molecule has 70 valence electrons. The summed E-state index contributed by atoms with van der Waals surface area (Å²) in [6, 6.07) is 0. The summed E-state index contributed by atoms with van der Waals surface area (Å²) in [7, 11) is 0. The zero-order valence-corrected chi connectivity index (χ0v) is 8.39. The summed E-state index contributed by atoms with van der Waals surface area (Å²) in [5, 5.41) is 3.26. The molecule has 1 N–H and O–H groups in total. The van der Waals surface area contributed by atoms with Gasteiger partial charge < -0.3 is 5.32 Å². The first-order valence-electron chi connectivity index (χ1n) is 4.67. The molecule has 0 bridgehead atoms. The summed E-state index contributed by atoms with van der Waals surface area (Å²) in [5.74, 6) is 1.03. The van der Waals surface area contributed by atoms with Crippen molar-refractivity contribution in [1.82, 2.24) is 9.97 Å². The standard InChI is InChI=1S/C10H15N3/c1-10(2,3)8-7-4-5-11-9(7)13-6-12-8/h6H,4-5H2,1-3H3,(H,11,12,13). The van der Waals surface area contributed by atoms with Gasteiger partial charge in [-0.3, -0.25) is 0 Å². The monoisotopic (exact) mass is 177 g/mol. The van der Waals surface area contributed by atoms with Crippen LogP contribution in [0.3, 0.4) is 0 Å². The second kappa shape index (κ2) is 2.69. The first-order valence-corrected chi connectivity index (χ1v) is 4.67. The third-order valence-electron chi connectivity index (χ3n) is 2.32. The second-order valence-corrected chi connectivity index (χ2v) is 4.48. The highest BCUT2D eigenvalue weighted by atomic mass is 15.0. The highest BCUT2D eigenvalue weighted by Gasteiger charge is 2.24. The molecular formula is C10H15N3. The zero-order chi connectivity index (χ0) is 9.47. The quantitative estimate of drug-likeness (QED) is 0.656. The number of anilines is 1. The lowest BCUT2D eigenvalue weighted by molar-refractivity contribution is 0.561. The maximum absolute atomic E-state index is 4.37. The highest BCUT2D eigenvalue weighted by Crippen LogP contribution is 2.29. The minimum atomic E-state index is 0.124. The Morgan fingerprint density at radius 3 is 2.77 bits per heavy atom. The van der Waals surface area contributed by atoms with Gasteiger partial charge in [-0.05, 0) is 6.42 Å². The Morgan fingerprint density at radius 1 is 1.31 bits per heavy atom. The van der Waals surface area contributed by atoms with E-state index < -0.39 is 0 Å². The van der Waals surface area contributed by atoms with Gasteiger partial charge in [0.05, 0.1) is 5.69 Å². The van der Waals surface area contributed by atoms with E-state index in [1.807, 2.05) is 0 Å². The van der Waals surface area contributed by atoms with Crippen LogP contribution in [0.1, 0.15) is 32.0 Å². The van der Waals surface area contributed by atoms with Gasteiger partial charge in [-0.1, -0.05) is 20.8 Å². The van der Waals surface area contributed by atoms with Crippen LogP contribution in [0.25, 0.3) is 0 Å². The van der Waals surface area contributed by atoms with Gasteiger partial charge in [0, 0.05) is 17.5 Å². The van der Waals surface area contributed by atoms with Crippen molar-refractivity contribution in [2.45, 2.75) is 32.6 Å². The topological polar surface area (TPSA) is 37.8 Å². The summed E-state index contributed by atoms with van der Waals surface area (Å²) in [6.45, 7) is 7.56. The molecule has 0 aromatic carbocycles. The molecule has 0 amide bonds. The number of hydrogen-bond donors (Lipinski definition) is 1. The van der Waals surface area contributed by atoms with Gasteiger partial charge in [-0.15, -0.1) is 0 Å². The Balaban J connectivity index is 2.54. The SMILES string of the molecule is CC(C)(C)c1ncnc2c1CCN2. The van der Waals surface area contributed by atoms with Crippen molar-refractivity contribution >= 4 is 5.82 Å². The molecule has 3 heteroatoms. The number of aromatic nitrogens is 2. The minimum absolute atomic E-state index is 0.124. The molecule has 0 atom stereocenters. The Kier molecular flexibility index (Phi) is 1.75. The van der Waals surface area contributed by atoms with Gasteiger partial charge in [-0.2, -0.15) is 0 Å². The van der Waals surface area contributed by atoms with Crippen LogP contribution < -0.4 is 5.32 Å². The first-order chi connectivity index (χ1) is 6.09. The molecule has 0 unspecified atom stereocenters. The molecule has 0 aliphatic carbocycles. The van der Waals surface area contributed by atoms with E-state index in [2.05, 4.69) is 36.1 Å². The van der Waals surface area contributed by atoms with Crippen LogP contribution in [0.15, 0.2) is 6.33 Å². The summed E-state index contributed by atoms with van der Waals surface area (Å²) >= 11 is 0. The maximum Gasteiger partial charge on any atom is 0.132 e. The lowest BCUT2D eigenvalue weighted by Crippen LogP contribution is -2.16. The molecule has 0 radical (unpaired) electrons. The zero-order valence-electron chi connectivity index (χ0n) is 8.39. The van der Waals surface area contributed by atoms with Gasteiger partial charge in [0.1, 0.15) is 12.1 Å². The van der Waals surface area contributed by atoms with Gasteiger partial charge >= 0.3 is 0 Å². The number of nitrogens with zero attached hydrogens (tertiary/aromatic N) is 2. The van der Waals surface area contributed by atoms with Crippen molar-refractivity contribution in [3.63, 3.8) is 0 Å². The van der Waals surface area contributed by atoms with Gasteiger partial charge in [0.25, 0.3) is 0 Å². The van der Waals surface area contributed by atoms with Crippen LogP contribution in [-0.4, -0.2) is 16.5 Å². The molecule has 1 aromatic heterocycles. The molecule has 0 fully saturated rings. The van der Waals surface area contributed by atoms with Crippen LogP contribution in [0, 0.1) is 0 Å². The van der Waals surface area contributed by atoms with Crippen molar-refractivity contribution in [2.75, 3.05) is 11.9 Å². The van der Waals surface area contributed by atoms with Crippen molar-refractivity contribution in [2.24, 2.45) is 0 Å².